The first-order valence-corrected chi connectivity index (χ1v) is 9.69. The summed E-state index contributed by atoms with van der Waals surface area (Å²) in [6, 6.07) is 14.1. The molecule has 1 aliphatic heterocycles. The number of carbonyl (C=O) groups excluding carboxylic acids is 2. The predicted molar refractivity (Wildman–Crippen MR) is 107 cm³/mol. The van der Waals surface area contributed by atoms with E-state index in [2.05, 4.69) is 51.7 Å². The highest BCUT2D eigenvalue weighted by Gasteiger charge is 2.25. The van der Waals surface area contributed by atoms with Gasteiger partial charge in [0.25, 0.3) is 5.91 Å². The zero-order chi connectivity index (χ0) is 19.8. The standard InChI is InChI=1S/C21H28N4O3/c1-24-12-13-25(18(16-24)17-7-3-2-4-8-17)11-6-10-22-20(26)15-23-21(27)19-9-5-14-28-19/h2-5,7-9,14,18H,6,10-13,15-16H2,1H3,(H,22,26)(H,23,27)/t18-/m0/s1. The van der Waals surface area contributed by atoms with Crippen molar-refractivity contribution in [2.75, 3.05) is 46.3 Å². The fourth-order valence-electron chi connectivity index (χ4n) is 3.44. The van der Waals surface area contributed by atoms with Gasteiger partial charge in [0.05, 0.1) is 12.8 Å². The Morgan fingerprint density at radius 2 is 1.93 bits per heavy atom. The Morgan fingerprint density at radius 1 is 1.11 bits per heavy atom. The van der Waals surface area contributed by atoms with Crippen LogP contribution in [0, 0.1) is 0 Å². The molecule has 2 amide bonds. The van der Waals surface area contributed by atoms with Gasteiger partial charge < -0.3 is 20.0 Å². The summed E-state index contributed by atoms with van der Waals surface area (Å²) < 4.78 is 4.99. The van der Waals surface area contributed by atoms with Gasteiger partial charge in [-0.1, -0.05) is 30.3 Å². The lowest BCUT2D eigenvalue weighted by atomic mass is 10.0. The van der Waals surface area contributed by atoms with Crippen LogP contribution in [0.1, 0.15) is 28.6 Å². The van der Waals surface area contributed by atoms with E-state index in [4.69, 9.17) is 4.42 Å². The van der Waals surface area contributed by atoms with Crippen molar-refractivity contribution in [2.45, 2.75) is 12.5 Å². The molecule has 1 aromatic heterocycles. The number of rotatable bonds is 8. The SMILES string of the molecule is CN1CCN(CCCNC(=O)CNC(=O)c2ccco2)[C@H](c2ccccc2)C1. The largest absolute Gasteiger partial charge is 0.459 e. The summed E-state index contributed by atoms with van der Waals surface area (Å²) in [7, 11) is 2.16. The molecule has 0 bridgehead atoms. The minimum atomic E-state index is -0.386. The molecule has 0 aliphatic carbocycles. The number of nitrogens with zero attached hydrogens (tertiary/aromatic N) is 2. The lowest BCUT2D eigenvalue weighted by molar-refractivity contribution is -0.120. The van der Waals surface area contributed by atoms with Gasteiger partial charge in [-0.25, -0.2) is 0 Å². The molecular formula is C21H28N4O3. The molecule has 1 saturated heterocycles. The third-order valence-corrected chi connectivity index (χ3v) is 4.98. The molecule has 0 saturated carbocycles. The number of nitrogens with one attached hydrogen (secondary N) is 2. The van der Waals surface area contributed by atoms with Gasteiger partial charge in [0, 0.05) is 38.8 Å². The summed E-state index contributed by atoms with van der Waals surface area (Å²) in [6.45, 7) is 4.53. The molecule has 2 heterocycles. The average Bonchev–Trinajstić information content (AvgIpc) is 3.26. The molecular weight excluding hydrogens is 356 g/mol. The summed E-state index contributed by atoms with van der Waals surface area (Å²) in [5.74, 6) is -0.379. The summed E-state index contributed by atoms with van der Waals surface area (Å²) in [5.41, 5.74) is 1.33. The molecule has 3 rings (SSSR count). The monoisotopic (exact) mass is 384 g/mol. The van der Waals surface area contributed by atoms with E-state index in [0.717, 1.165) is 32.6 Å². The Hall–Kier alpha value is -2.64. The molecule has 7 nitrogen and oxygen atoms in total. The van der Waals surface area contributed by atoms with Gasteiger partial charge in [-0.2, -0.15) is 0 Å². The Labute approximate surface area is 165 Å². The number of hydrogen-bond acceptors (Lipinski definition) is 5. The fraction of sp³-hybridized carbons (Fsp3) is 0.429. The van der Waals surface area contributed by atoms with Crippen molar-refractivity contribution in [3.05, 3.63) is 60.1 Å². The Bertz CT molecular complexity index is 748. The van der Waals surface area contributed by atoms with E-state index in [1.807, 2.05) is 6.07 Å². The summed E-state index contributed by atoms with van der Waals surface area (Å²) in [5, 5.41) is 5.41. The number of piperazine rings is 1. The first-order chi connectivity index (χ1) is 13.6. The summed E-state index contributed by atoms with van der Waals surface area (Å²) >= 11 is 0. The molecule has 1 atom stereocenters. The first kappa shape index (κ1) is 20.1. The second-order valence-electron chi connectivity index (χ2n) is 7.09. The minimum absolute atomic E-state index is 0.0549. The van der Waals surface area contributed by atoms with E-state index in [1.165, 1.54) is 11.8 Å². The van der Waals surface area contributed by atoms with Crippen LogP contribution in [0.15, 0.2) is 53.1 Å². The van der Waals surface area contributed by atoms with Crippen LogP contribution in [-0.4, -0.2) is 67.9 Å². The van der Waals surface area contributed by atoms with Crippen LogP contribution >= 0.6 is 0 Å². The molecule has 1 aromatic carbocycles. The van der Waals surface area contributed by atoms with E-state index in [1.54, 1.807) is 12.1 Å². The Balaban J connectivity index is 1.38. The third kappa shape index (κ3) is 5.68. The quantitative estimate of drug-likeness (QED) is 0.675. The van der Waals surface area contributed by atoms with Gasteiger partial charge in [0.2, 0.25) is 5.91 Å². The number of likely N-dealkylation sites (N-methyl/N-ethyl adjacent to an activating group) is 1. The molecule has 0 unspecified atom stereocenters. The average molecular weight is 384 g/mol. The molecule has 0 spiro atoms. The molecule has 1 fully saturated rings. The Morgan fingerprint density at radius 3 is 2.68 bits per heavy atom. The normalized spacial score (nSPS) is 18.0. The molecule has 1 aliphatic rings. The number of benzene rings is 1. The van der Waals surface area contributed by atoms with Crippen molar-refractivity contribution in [3.8, 4) is 0 Å². The van der Waals surface area contributed by atoms with Crippen LogP contribution in [0.2, 0.25) is 0 Å². The maximum atomic E-state index is 11.9. The van der Waals surface area contributed by atoms with E-state index in [0.29, 0.717) is 12.6 Å². The first-order valence-electron chi connectivity index (χ1n) is 9.69. The maximum absolute atomic E-state index is 11.9. The van der Waals surface area contributed by atoms with Crippen LogP contribution < -0.4 is 10.6 Å². The number of amides is 2. The minimum Gasteiger partial charge on any atom is -0.459 e. The lowest BCUT2D eigenvalue weighted by Gasteiger charge is -2.40. The van der Waals surface area contributed by atoms with E-state index >= 15 is 0 Å². The van der Waals surface area contributed by atoms with Crippen molar-refractivity contribution in [1.29, 1.82) is 0 Å². The highest BCUT2D eigenvalue weighted by atomic mass is 16.3. The van der Waals surface area contributed by atoms with Crippen molar-refractivity contribution < 1.29 is 14.0 Å². The molecule has 0 radical (unpaired) electrons. The van der Waals surface area contributed by atoms with Gasteiger partial charge in [-0.15, -0.1) is 0 Å². The lowest BCUT2D eigenvalue weighted by Crippen LogP contribution is -2.47. The second-order valence-corrected chi connectivity index (χ2v) is 7.09. The number of carbonyl (C=O) groups is 2. The zero-order valence-corrected chi connectivity index (χ0v) is 16.3. The van der Waals surface area contributed by atoms with E-state index < -0.39 is 0 Å². The number of hydrogen-bond donors (Lipinski definition) is 2. The Kier molecular flexibility index (Phi) is 7.22. The maximum Gasteiger partial charge on any atom is 0.287 e. The number of furan rings is 1. The van der Waals surface area contributed by atoms with Gasteiger partial charge in [-0.05, 0) is 31.2 Å². The summed E-state index contributed by atoms with van der Waals surface area (Å²) in [6.07, 6.45) is 2.29. The summed E-state index contributed by atoms with van der Waals surface area (Å²) in [4.78, 5) is 28.5. The third-order valence-electron chi connectivity index (χ3n) is 4.98. The van der Waals surface area contributed by atoms with Crippen LogP contribution in [0.3, 0.4) is 0 Å². The van der Waals surface area contributed by atoms with Gasteiger partial charge >= 0.3 is 0 Å². The van der Waals surface area contributed by atoms with Crippen molar-refractivity contribution >= 4 is 11.8 Å². The van der Waals surface area contributed by atoms with Gasteiger partial charge in [-0.3, -0.25) is 14.5 Å². The van der Waals surface area contributed by atoms with Crippen LogP contribution in [-0.2, 0) is 4.79 Å². The van der Waals surface area contributed by atoms with Gasteiger partial charge in [0.1, 0.15) is 0 Å². The predicted octanol–water partition coefficient (Wildman–Crippen LogP) is 1.50. The molecule has 7 heteroatoms. The zero-order valence-electron chi connectivity index (χ0n) is 16.3. The second kappa shape index (κ2) is 10.1. The molecule has 28 heavy (non-hydrogen) atoms. The smallest absolute Gasteiger partial charge is 0.287 e. The van der Waals surface area contributed by atoms with Crippen molar-refractivity contribution in [2.24, 2.45) is 0 Å². The topological polar surface area (TPSA) is 77.8 Å². The van der Waals surface area contributed by atoms with E-state index in [-0.39, 0.29) is 24.1 Å². The van der Waals surface area contributed by atoms with Crippen molar-refractivity contribution in [3.63, 3.8) is 0 Å². The van der Waals surface area contributed by atoms with Crippen LogP contribution in [0.4, 0.5) is 0 Å². The fourth-order valence-corrected chi connectivity index (χ4v) is 3.44. The molecule has 150 valence electrons. The van der Waals surface area contributed by atoms with Crippen LogP contribution in [0.25, 0.3) is 0 Å². The highest BCUT2D eigenvalue weighted by Crippen LogP contribution is 2.24. The highest BCUT2D eigenvalue weighted by molar-refractivity contribution is 5.94. The molecule has 2 aromatic rings. The van der Waals surface area contributed by atoms with E-state index in [9.17, 15) is 9.59 Å². The van der Waals surface area contributed by atoms with Gasteiger partial charge in [0.15, 0.2) is 5.76 Å². The van der Waals surface area contributed by atoms with Crippen molar-refractivity contribution in [1.82, 2.24) is 20.4 Å². The van der Waals surface area contributed by atoms with Crippen LogP contribution in [0.5, 0.6) is 0 Å². The molecule has 2 N–H and O–H groups in total.